The lowest BCUT2D eigenvalue weighted by atomic mass is 9.98. The van der Waals surface area contributed by atoms with Crippen LogP contribution in [0.15, 0.2) is 48.6 Å². The second-order valence-corrected chi connectivity index (χ2v) is 24.9. The van der Waals surface area contributed by atoms with Crippen molar-refractivity contribution in [2.45, 2.75) is 390 Å². The maximum Gasteiger partial charge on any atom is 0.249 e. The van der Waals surface area contributed by atoms with Crippen molar-refractivity contribution in [3.05, 3.63) is 48.6 Å². The standard InChI is InChI=1S/C72H135NO10/c1-3-5-7-9-11-13-15-17-19-21-23-25-27-29-31-32-33-34-36-37-39-41-43-45-47-49-51-53-55-57-59-64(75)67(77)63(62-82-72-70(80)69(79)68(78)66(61-74)83-72)73-71(81)65(76)60-58-56-54-52-50-48-46-44-42-40-38-35-30-28-26-24-22-20-18-16-14-12-10-8-6-4-2/h30,35-37,43,45,51,53,63-70,72,74-80H,3-29,31-34,38-42,44,46-50,52,54-62H2,1-2H3,(H,73,81)/b35-30-,37-36+,45-43+,53-51+. The first-order valence-corrected chi connectivity index (χ1v) is 35.5. The van der Waals surface area contributed by atoms with Crippen LogP contribution in [0.1, 0.15) is 335 Å². The van der Waals surface area contributed by atoms with E-state index in [1.165, 1.54) is 244 Å². The van der Waals surface area contributed by atoms with Gasteiger partial charge in [0.1, 0.15) is 36.6 Å². The number of carbonyl (C=O) groups excluding carboxylic acids is 1. The van der Waals surface area contributed by atoms with Gasteiger partial charge >= 0.3 is 0 Å². The summed E-state index contributed by atoms with van der Waals surface area (Å²) < 4.78 is 11.2. The number of aliphatic hydroxyl groups is 7. The molecule has 0 aromatic carbocycles. The zero-order valence-corrected chi connectivity index (χ0v) is 53.9. The van der Waals surface area contributed by atoms with E-state index in [4.69, 9.17) is 9.47 Å². The lowest BCUT2D eigenvalue weighted by molar-refractivity contribution is -0.303. The third kappa shape index (κ3) is 47.8. The molecule has 1 rings (SSSR count). The molecule has 488 valence electrons. The summed E-state index contributed by atoms with van der Waals surface area (Å²) in [6.45, 7) is 3.48. The first-order valence-electron chi connectivity index (χ1n) is 35.5. The molecular weight excluding hydrogens is 1040 g/mol. The Labute approximate surface area is 510 Å². The largest absolute Gasteiger partial charge is 0.394 e. The lowest BCUT2D eigenvalue weighted by Gasteiger charge is -2.40. The molecule has 11 heteroatoms. The summed E-state index contributed by atoms with van der Waals surface area (Å²) in [5, 5.41) is 76.5. The van der Waals surface area contributed by atoms with Crippen molar-refractivity contribution in [2.24, 2.45) is 0 Å². The summed E-state index contributed by atoms with van der Waals surface area (Å²) in [6.07, 6.45) is 67.7. The van der Waals surface area contributed by atoms with Gasteiger partial charge in [-0.05, 0) is 89.9 Å². The molecule has 9 atom stereocenters. The smallest absolute Gasteiger partial charge is 0.249 e. The predicted octanol–water partition coefficient (Wildman–Crippen LogP) is 17.1. The SMILES string of the molecule is CCCCCCCCCCCCCC/C=C\CCCCCCCCCCCCC(O)C(=O)NC(COC1OC(CO)C(O)C(O)C1O)C(O)C(O)CCC/C=C/CC/C=C/CC/C=C/CCCCCCCCCCCCCCCCCCC. The van der Waals surface area contributed by atoms with E-state index < -0.39 is 74.2 Å². The van der Waals surface area contributed by atoms with E-state index in [2.05, 4.69) is 67.8 Å². The Kier molecular flexibility index (Phi) is 57.5. The summed E-state index contributed by atoms with van der Waals surface area (Å²) >= 11 is 0. The zero-order valence-electron chi connectivity index (χ0n) is 53.9. The van der Waals surface area contributed by atoms with E-state index in [1.54, 1.807) is 0 Å². The molecule has 0 aliphatic carbocycles. The van der Waals surface area contributed by atoms with Gasteiger partial charge in [0.05, 0.1) is 25.4 Å². The van der Waals surface area contributed by atoms with Crippen LogP contribution >= 0.6 is 0 Å². The fourth-order valence-corrected chi connectivity index (χ4v) is 11.4. The first-order chi connectivity index (χ1) is 40.7. The van der Waals surface area contributed by atoms with Crippen LogP contribution in [-0.4, -0.2) is 110 Å². The molecule has 0 saturated carbocycles. The minimum absolute atomic E-state index is 0.241. The number of rotatable bonds is 62. The number of allylic oxidation sites excluding steroid dienone is 8. The highest BCUT2D eigenvalue weighted by Gasteiger charge is 2.44. The van der Waals surface area contributed by atoms with Gasteiger partial charge in [0, 0.05) is 0 Å². The lowest BCUT2D eigenvalue weighted by Crippen LogP contribution is -2.60. The van der Waals surface area contributed by atoms with Crippen molar-refractivity contribution in [1.29, 1.82) is 0 Å². The second-order valence-electron chi connectivity index (χ2n) is 24.9. The van der Waals surface area contributed by atoms with Crippen LogP contribution < -0.4 is 5.32 Å². The monoisotopic (exact) mass is 1170 g/mol. The van der Waals surface area contributed by atoms with Gasteiger partial charge in [-0.3, -0.25) is 4.79 Å². The molecule has 1 fully saturated rings. The Morgan fingerprint density at radius 1 is 0.410 bits per heavy atom. The summed E-state index contributed by atoms with van der Waals surface area (Å²) in [5.41, 5.74) is 0. The molecule has 0 spiro atoms. The quantitative estimate of drug-likeness (QED) is 0.0215. The van der Waals surface area contributed by atoms with Crippen molar-refractivity contribution in [3.8, 4) is 0 Å². The van der Waals surface area contributed by atoms with E-state index in [-0.39, 0.29) is 12.8 Å². The van der Waals surface area contributed by atoms with Crippen molar-refractivity contribution < 1.29 is 50.0 Å². The van der Waals surface area contributed by atoms with Gasteiger partial charge in [-0.15, -0.1) is 0 Å². The van der Waals surface area contributed by atoms with Crippen LogP contribution in [0.4, 0.5) is 0 Å². The molecule has 1 saturated heterocycles. The van der Waals surface area contributed by atoms with E-state index >= 15 is 0 Å². The Bertz CT molecular complexity index is 1490. The molecule has 9 unspecified atom stereocenters. The van der Waals surface area contributed by atoms with Gasteiger partial charge in [0.25, 0.3) is 0 Å². The minimum Gasteiger partial charge on any atom is -0.394 e. The number of aliphatic hydroxyl groups excluding tert-OH is 7. The van der Waals surface area contributed by atoms with Gasteiger partial charge in [0.2, 0.25) is 5.91 Å². The Balaban J connectivity index is 2.24. The van der Waals surface area contributed by atoms with E-state index in [1.807, 2.05) is 0 Å². The molecule has 1 heterocycles. The average Bonchev–Trinajstić information content (AvgIpc) is 3.68. The third-order valence-corrected chi connectivity index (χ3v) is 17.1. The van der Waals surface area contributed by atoms with E-state index in [0.29, 0.717) is 19.3 Å². The number of nitrogens with one attached hydrogen (secondary N) is 1. The first kappa shape index (κ1) is 79.1. The third-order valence-electron chi connectivity index (χ3n) is 17.1. The molecule has 0 radical (unpaired) electrons. The highest BCUT2D eigenvalue weighted by molar-refractivity contribution is 5.80. The van der Waals surface area contributed by atoms with Crippen LogP contribution in [0.3, 0.4) is 0 Å². The summed E-state index contributed by atoms with van der Waals surface area (Å²) in [6, 6.07) is -1.20. The van der Waals surface area contributed by atoms with Crippen LogP contribution in [0.2, 0.25) is 0 Å². The highest BCUT2D eigenvalue weighted by Crippen LogP contribution is 2.24. The van der Waals surface area contributed by atoms with Crippen LogP contribution in [0.25, 0.3) is 0 Å². The van der Waals surface area contributed by atoms with Gasteiger partial charge in [-0.25, -0.2) is 0 Å². The Morgan fingerprint density at radius 2 is 0.723 bits per heavy atom. The molecule has 8 N–H and O–H groups in total. The van der Waals surface area contributed by atoms with Crippen LogP contribution in [0, 0.1) is 0 Å². The number of carbonyl (C=O) groups is 1. The van der Waals surface area contributed by atoms with Crippen molar-refractivity contribution in [3.63, 3.8) is 0 Å². The highest BCUT2D eigenvalue weighted by atomic mass is 16.7. The second kappa shape index (κ2) is 60.4. The van der Waals surface area contributed by atoms with E-state index in [9.17, 15) is 40.5 Å². The number of ether oxygens (including phenoxy) is 2. The van der Waals surface area contributed by atoms with Crippen LogP contribution in [-0.2, 0) is 14.3 Å². The van der Waals surface area contributed by atoms with Crippen molar-refractivity contribution >= 4 is 5.91 Å². The number of hydrogen-bond acceptors (Lipinski definition) is 10. The average molecular weight is 1170 g/mol. The summed E-state index contributed by atoms with van der Waals surface area (Å²) in [4.78, 5) is 13.2. The molecule has 0 bridgehead atoms. The van der Waals surface area contributed by atoms with Crippen molar-refractivity contribution in [2.75, 3.05) is 13.2 Å². The predicted molar refractivity (Wildman–Crippen MR) is 348 cm³/mol. The number of unbranched alkanes of at least 4 members (excludes halogenated alkanes) is 42. The van der Waals surface area contributed by atoms with Gasteiger partial charge in [-0.2, -0.15) is 0 Å². The van der Waals surface area contributed by atoms with E-state index in [0.717, 1.165) is 44.9 Å². The zero-order chi connectivity index (χ0) is 60.3. The summed E-state index contributed by atoms with van der Waals surface area (Å²) in [7, 11) is 0. The maximum absolute atomic E-state index is 13.2. The van der Waals surface area contributed by atoms with Gasteiger partial charge in [0.15, 0.2) is 6.29 Å². The molecule has 1 aliphatic heterocycles. The van der Waals surface area contributed by atoms with Crippen molar-refractivity contribution in [1.82, 2.24) is 5.32 Å². The minimum atomic E-state index is -1.68. The fraction of sp³-hybridized carbons (Fsp3) is 0.875. The molecule has 11 nitrogen and oxygen atoms in total. The van der Waals surface area contributed by atoms with Gasteiger partial charge < -0.3 is 50.5 Å². The maximum atomic E-state index is 13.2. The Hall–Kier alpha value is -1.93. The molecule has 0 aromatic rings. The molecule has 1 aliphatic rings. The fourth-order valence-electron chi connectivity index (χ4n) is 11.4. The Morgan fingerprint density at radius 3 is 1.07 bits per heavy atom. The van der Waals surface area contributed by atoms with Gasteiger partial charge in [-0.1, -0.05) is 294 Å². The molecular formula is C72H135NO10. The topological polar surface area (TPSA) is 189 Å². The number of amides is 1. The normalized spacial score (nSPS) is 19.3. The number of hydrogen-bond donors (Lipinski definition) is 8. The van der Waals surface area contributed by atoms with Crippen LogP contribution in [0.5, 0.6) is 0 Å². The molecule has 1 amide bonds. The molecule has 0 aromatic heterocycles. The molecule has 83 heavy (non-hydrogen) atoms. The summed E-state index contributed by atoms with van der Waals surface area (Å²) in [5.74, 6) is -0.710.